The molecule has 0 aliphatic carbocycles. The van der Waals surface area contributed by atoms with Crippen molar-refractivity contribution in [3.8, 4) is 0 Å². The van der Waals surface area contributed by atoms with Crippen molar-refractivity contribution in [1.29, 1.82) is 0 Å². The van der Waals surface area contributed by atoms with Gasteiger partial charge < -0.3 is 10.1 Å². The van der Waals surface area contributed by atoms with E-state index in [1.807, 2.05) is 0 Å². The largest absolute Gasteiger partial charge is 0.451 e. The Morgan fingerprint density at radius 2 is 1.96 bits per heavy atom. The summed E-state index contributed by atoms with van der Waals surface area (Å²) in [4.78, 5) is 36.0. The third-order valence-electron chi connectivity index (χ3n) is 4.24. The van der Waals surface area contributed by atoms with Crippen LogP contribution in [0.2, 0.25) is 0 Å². The number of nitrogens with one attached hydrogen (secondary N) is 1. The van der Waals surface area contributed by atoms with Crippen LogP contribution in [0.1, 0.15) is 19.3 Å². The van der Waals surface area contributed by atoms with Gasteiger partial charge in [0, 0.05) is 18.5 Å². The zero-order valence-electron chi connectivity index (χ0n) is 14.5. The monoisotopic (exact) mass is 393 g/mol. The van der Waals surface area contributed by atoms with Crippen LogP contribution in [-0.4, -0.2) is 61.1 Å². The summed E-state index contributed by atoms with van der Waals surface area (Å²) in [6.45, 7) is -0.488. The molecule has 1 N–H and O–H groups in total. The highest BCUT2D eigenvalue weighted by molar-refractivity contribution is 7.91. The first kappa shape index (κ1) is 19.0. The molecule has 0 radical (unpaired) electrons. The molecule has 2 aliphatic heterocycles. The quantitative estimate of drug-likeness (QED) is 0.720. The number of hydrogen-bond donors (Lipinski definition) is 1. The minimum absolute atomic E-state index is 0.00357. The van der Waals surface area contributed by atoms with Crippen molar-refractivity contribution in [2.75, 3.05) is 23.4 Å². The molecule has 3 rings (SSSR count). The first-order valence-corrected chi connectivity index (χ1v) is 10.3. The van der Waals surface area contributed by atoms with Crippen molar-refractivity contribution in [3.05, 3.63) is 30.3 Å². The highest BCUT2D eigenvalue weighted by Gasteiger charge is 2.37. The molecule has 1 aromatic rings. The van der Waals surface area contributed by atoms with Crippen molar-refractivity contribution in [2.45, 2.75) is 25.3 Å². The lowest BCUT2D eigenvalue weighted by Gasteiger charge is -2.27. The molecule has 144 valence electrons. The molecule has 0 spiro atoms. The molecule has 0 unspecified atom stereocenters. The predicted molar refractivity (Wildman–Crippen MR) is 96.6 cm³/mol. The Hall–Kier alpha value is -2.75. The Kier molecular flexibility index (Phi) is 5.54. The van der Waals surface area contributed by atoms with E-state index < -0.39 is 34.4 Å². The summed E-state index contributed by atoms with van der Waals surface area (Å²) in [6, 6.07) is 8.15. The zero-order valence-corrected chi connectivity index (χ0v) is 15.3. The Morgan fingerprint density at radius 3 is 2.63 bits per heavy atom. The number of amides is 2. The molecule has 2 aliphatic rings. The number of esters is 1. The average molecular weight is 393 g/mol. The van der Waals surface area contributed by atoms with Crippen LogP contribution in [-0.2, 0) is 29.0 Å². The van der Waals surface area contributed by atoms with Crippen LogP contribution >= 0.6 is 0 Å². The lowest BCUT2D eigenvalue weighted by molar-refractivity contribution is -0.141. The standard InChI is InChI=1S/C17H19N3O6S/c21-15(18-12-4-2-1-3-5-12)10-26-17(23)14-6-7-16(22)20(19-14)13-8-9-27(24,25)11-13/h1-5,13H,6-11H2,(H,18,21)/t13-/m1/s1. The number of benzene rings is 1. The van der Waals surface area contributed by atoms with Crippen molar-refractivity contribution < 1.29 is 27.5 Å². The number of hydrazone groups is 1. The van der Waals surface area contributed by atoms with Gasteiger partial charge >= 0.3 is 5.97 Å². The number of ether oxygens (including phenoxy) is 1. The summed E-state index contributed by atoms with van der Waals surface area (Å²) in [5.41, 5.74) is 0.583. The Morgan fingerprint density at radius 1 is 1.22 bits per heavy atom. The molecule has 1 saturated heterocycles. The Bertz CT molecular complexity index is 881. The zero-order chi connectivity index (χ0) is 19.4. The second-order valence-corrected chi connectivity index (χ2v) is 8.56. The summed E-state index contributed by atoms with van der Waals surface area (Å²) in [6.07, 6.45) is 0.425. The molecule has 0 saturated carbocycles. The van der Waals surface area contributed by atoms with Gasteiger partial charge in [0.1, 0.15) is 5.71 Å². The highest BCUT2D eigenvalue weighted by atomic mass is 32.2. The molecule has 10 heteroatoms. The number of nitrogens with zero attached hydrogens (tertiary/aromatic N) is 2. The van der Waals surface area contributed by atoms with E-state index in [9.17, 15) is 22.8 Å². The van der Waals surface area contributed by atoms with Crippen LogP contribution in [0.3, 0.4) is 0 Å². The highest BCUT2D eigenvalue weighted by Crippen LogP contribution is 2.22. The SMILES string of the molecule is O=C(COC(=O)C1=NN([C@@H]2CCS(=O)(=O)C2)C(=O)CC1)Nc1ccccc1. The van der Waals surface area contributed by atoms with E-state index in [2.05, 4.69) is 10.4 Å². The van der Waals surface area contributed by atoms with Gasteiger partial charge in [-0.3, -0.25) is 9.59 Å². The molecular formula is C17H19N3O6S. The summed E-state index contributed by atoms with van der Waals surface area (Å²) >= 11 is 0. The first-order valence-electron chi connectivity index (χ1n) is 8.46. The van der Waals surface area contributed by atoms with Crippen LogP contribution in [0.4, 0.5) is 5.69 Å². The van der Waals surface area contributed by atoms with Gasteiger partial charge in [0.2, 0.25) is 5.91 Å². The number of rotatable bonds is 5. The van der Waals surface area contributed by atoms with E-state index in [0.717, 1.165) is 5.01 Å². The van der Waals surface area contributed by atoms with E-state index in [4.69, 9.17) is 4.74 Å². The third-order valence-corrected chi connectivity index (χ3v) is 5.99. The number of para-hydroxylation sites is 1. The normalized spacial score (nSPS) is 21.5. The van der Waals surface area contributed by atoms with Gasteiger partial charge in [-0.1, -0.05) is 18.2 Å². The molecule has 2 heterocycles. The molecule has 27 heavy (non-hydrogen) atoms. The van der Waals surface area contributed by atoms with E-state index in [1.54, 1.807) is 30.3 Å². The fraction of sp³-hybridized carbons (Fsp3) is 0.412. The number of hydrogen-bond acceptors (Lipinski definition) is 7. The maximum absolute atomic E-state index is 12.2. The fourth-order valence-corrected chi connectivity index (χ4v) is 4.60. The molecule has 0 aromatic heterocycles. The van der Waals surface area contributed by atoms with Gasteiger partial charge in [-0.05, 0) is 18.6 Å². The topological polar surface area (TPSA) is 122 Å². The summed E-state index contributed by atoms with van der Waals surface area (Å²) in [5.74, 6) is -1.78. The van der Waals surface area contributed by atoms with E-state index in [-0.39, 0.29) is 36.0 Å². The van der Waals surface area contributed by atoms with Crippen LogP contribution in [0.25, 0.3) is 0 Å². The van der Waals surface area contributed by atoms with Crippen molar-refractivity contribution in [2.24, 2.45) is 5.10 Å². The van der Waals surface area contributed by atoms with E-state index >= 15 is 0 Å². The van der Waals surface area contributed by atoms with Gasteiger partial charge in [-0.25, -0.2) is 18.2 Å². The number of sulfone groups is 1. The molecule has 1 fully saturated rings. The Labute approximate surface area is 156 Å². The van der Waals surface area contributed by atoms with Crippen LogP contribution in [0, 0.1) is 0 Å². The number of carbonyl (C=O) groups excluding carboxylic acids is 3. The summed E-state index contributed by atoms with van der Waals surface area (Å²) < 4.78 is 28.2. The van der Waals surface area contributed by atoms with Crippen LogP contribution in [0.15, 0.2) is 35.4 Å². The summed E-state index contributed by atoms with van der Waals surface area (Å²) in [5, 5.41) is 7.66. The van der Waals surface area contributed by atoms with Crippen LogP contribution < -0.4 is 5.32 Å². The van der Waals surface area contributed by atoms with E-state index in [0.29, 0.717) is 12.1 Å². The second kappa shape index (κ2) is 7.87. The maximum Gasteiger partial charge on any atom is 0.355 e. The van der Waals surface area contributed by atoms with Crippen molar-refractivity contribution >= 4 is 39.0 Å². The molecule has 1 atom stereocenters. The molecule has 1 aromatic carbocycles. The number of anilines is 1. The third kappa shape index (κ3) is 4.91. The molecule has 9 nitrogen and oxygen atoms in total. The smallest absolute Gasteiger partial charge is 0.355 e. The second-order valence-electron chi connectivity index (χ2n) is 6.33. The summed E-state index contributed by atoms with van der Waals surface area (Å²) in [7, 11) is -3.19. The molecular weight excluding hydrogens is 374 g/mol. The van der Waals surface area contributed by atoms with Crippen molar-refractivity contribution in [1.82, 2.24) is 5.01 Å². The van der Waals surface area contributed by atoms with Gasteiger partial charge in [0.05, 0.1) is 17.5 Å². The average Bonchev–Trinajstić information content (AvgIpc) is 3.00. The van der Waals surface area contributed by atoms with Gasteiger partial charge in [-0.15, -0.1) is 0 Å². The predicted octanol–water partition coefficient (Wildman–Crippen LogP) is 0.334. The molecule has 0 bridgehead atoms. The first-order chi connectivity index (χ1) is 12.8. The lowest BCUT2D eigenvalue weighted by atomic mass is 10.1. The number of carbonyl (C=O) groups is 3. The fourth-order valence-electron chi connectivity index (χ4n) is 2.91. The maximum atomic E-state index is 12.2. The van der Waals surface area contributed by atoms with Crippen molar-refractivity contribution in [3.63, 3.8) is 0 Å². The van der Waals surface area contributed by atoms with Gasteiger partial charge in [0.15, 0.2) is 16.4 Å². The Balaban J connectivity index is 1.58. The van der Waals surface area contributed by atoms with Gasteiger partial charge in [-0.2, -0.15) is 5.10 Å². The van der Waals surface area contributed by atoms with Crippen LogP contribution in [0.5, 0.6) is 0 Å². The van der Waals surface area contributed by atoms with Gasteiger partial charge in [0.25, 0.3) is 5.91 Å². The lowest BCUT2D eigenvalue weighted by Crippen LogP contribution is -2.42. The minimum Gasteiger partial charge on any atom is -0.451 e. The minimum atomic E-state index is -3.19. The molecule has 2 amide bonds. The van der Waals surface area contributed by atoms with E-state index in [1.165, 1.54) is 0 Å².